The lowest BCUT2D eigenvalue weighted by molar-refractivity contribution is 0.0555. The second kappa shape index (κ2) is 9.09. The van der Waals surface area contributed by atoms with E-state index in [0.717, 1.165) is 0 Å². The van der Waals surface area contributed by atoms with Gasteiger partial charge in [0.2, 0.25) is 0 Å². The standard InChI is InChI=1S/C10H10O4.C5H11N/c1-13-9(11)7-5-3-4-6-8(7)10(12)14-2;1-2-4-6-5-3-1/h3-6H,1-2H3;6H,1-5H2. The van der Waals surface area contributed by atoms with Crippen LogP contribution in [0.3, 0.4) is 0 Å². The summed E-state index contributed by atoms with van der Waals surface area (Å²) in [6, 6.07) is 6.33. The zero-order chi connectivity index (χ0) is 14.8. The van der Waals surface area contributed by atoms with E-state index in [1.807, 2.05) is 0 Å². The Kier molecular flexibility index (Phi) is 7.35. The highest BCUT2D eigenvalue weighted by Crippen LogP contribution is 2.10. The van der Waals surface area contributed by atoms with Crippen molar-refractivity contribution in [2.75, 3.05) is 27.3 Å². The summed E-state index contributed by atoms with van der Waals surface area (Å²) in [6.45, 7) is 2.50. The molecular weight excluding hydrogens is 258 g/mol. The molecule has 0 aliphatic carbocycles. The number of nitrogens with one attached hydrogen (secondary N) is 1. The van der Waals surface area contributed by atoms with Crippen molar-refractivity contribution in [2.45, 2.75) is 19.3 Å². The molecule has 0 saturated carbocycles. The largest absolute Gasteiger partial charge is 0.465 e. The number of carbonyl (C=O) groups is 2. The smallest absolute Gasteiger partial charge is 0.338 e. The van der Waals surface area contributed by atoms with Crippen molar-refractivity contribution in [1.82, 2.24) is 5.32 Å². The van der Waals surface area contributed by atoms with Gasteiger partial charge >= 0.3 is 11.9 Å². The van der Waals surface area contributed by atoms with Gasteiger partial charge in [-0.15, -0.1) is 0 Å². The van der Waals surface area contributed by atoms with E-state index in [1.165, 1.54) is 58.7 Å². The Bertz CT molecular complexity index is 395. The second-order valence-electron chi connectivity index (χ2n) is 4.34. The molecule has 1 heterocycles. The minimum absolute atomic E-state index is 0.210. The monoisotopic (exact) mass is 279 g/mol. The van der Waals surface area contributed by atoms with Crippen molar-refractivity contribution in [3.63, 3.8) is 0 Å². The van der Waals surface area contributed by atoms with E-state index in [-0.39, 0.29) is 11.1 Å². The van der Waals surface area contributed by atoms with Gasteiger partial charge in [-0.05, 0) is 38.1 Å². The molecule has 0 aromatic heterocycles. The number of rotatable bonds is 2. The SMILES string of the molecule is C1CCNCC1.COC(=O)c1ccccc1C(=O)OC. The van der Waals surface area contributed by atoms with Gasteiger partial charge in [0, 0.05) is 0 Å². The minimum atomic E-state index is -0.550. The van der Waals surface area contributed by atoms with Crippen LogP contribution < -0.4 is 5.32 Å². The molecule has 1 aromatic rings. The second-order valence-corrected chi connectivity index (χ2v) is 4.34. The number of hydrogen-bond acceptors (Lipinski definition) is 5. The molecule has 2 rings (SSSR count). The van der Waals surface area contributed by atoms with Crippen molar-refractivity contribution < 1.29 is 19.1 Å². The van der Waals surface area contributed by atoms with Gasteiger partial charge in [-0.2, -0.15) is 0 Å². The first-order valence-electron chi connectivity index (χ1n) is 6.67. The third kappa shape index (κ3) is 5.01. The van der Waals surface area contributed by atoms with Crippen LogP contribution in [-0.2, 0) is 9.47 Å². The topological polar surface area (TPSA) is 64.6 Å². The molecule has 1 fully saturated rings. The van der Waals surface area contributed by atoms with Gasteiger partial charge in [0.1, 0.15) is 0 Å². The summed E-state index contributed by atoms with van der Waals surface area (Å²) >= 11 is 0. The van der Waals surface area contributed by atoms with E-state index < -0.39 is 11.9 Å². The van der Waals surface area contributed by atoms with Gasteiger partial charge in [0.05, 0.1) is 25.3 Å². The molecule has 0 unspecified atom stereocenters. The maximum Gasteiger partial charge on any atom is 0.338 e. The molecule has 0 spiro atoms. The van der Waals surface area contributed by atoms with E-state index in [4.69, 9.17) is 0 Å². The Morgan fingerprint density at radius 3 is 1.60 bits per heavy atom. The highest BCUT2D eigenvalue weighted by molar-refractivity contribution is 6.02. The molecule has 5 nitrogen and oxygen atoms in total. The van der Waals surface area contributed by atoms with Gasteiger partial charge in [-0.25, -0.2) is 9.59 Å². The van der Waals surface area contributed by atoms with Crippen molar-refractivity contribution >= 4 is 11.9 Å². The van der Waals surface area contributed by atoms with Crippen LogP contribution in [0, 0.1) is 0 Å². The molecule has 1 aliphatic heterocycles. The molecule has 110 valence electrons. The molecule has 0 atom stereocenters. The lowest BCUT2D eigenvalue weighted by Gasteiger charge is -2.08. The van der Waals surface area contributed by atoms with E-state index in [2.05, 4.69) is 14.8 Å². The first kappa shape index (κ1) is 16.2. The molecular formula is C15H21NO4. The Morgan fingerprint density at radius 1 is 0.900 bits per heavy atom. The van der Waals surface area contributed by atoms with Crippen LogP contribution >= 0.6 is 0 Å². The van der Waals surface area contributed by atoms with E-state index in [9.17, 15) is 9.59 Å². The fourth-order valence-electron chi connectivity index (χ4n) is 1.86. The Hall–Kier alpha value is -1.88. The predicted molar refractivity (Wildman–Crippen MR) is 75.8 cm³/mol. The summed E-state index contributed by atoms with van der Waals surface area (Å²) in [7, 11) is 2.52. The summed E-state index contributed by atoms with van der Waals surface area (Å²) in [6.07, 6.45) is 4.22. The van der Waals surface area contributed by atoms with Crippen molar-refractivity contribution in [1.29, 1.82) is 0 Å². The molecule has 1 aliphatic rings. The van der Waals surface area contributed by atoms with Gasteiger partial charge < -0.3 is 14.8 Å². The van der Waals surface area contributed by atoms with Crippen molar-refractivity contribution in [3.8, 4) is 0 Å². The van der Waals surface area contributed by atoms with Gasteiger partial charge in [0.25, 0.3) is 0 Å². The molecule has 5 heteroatoms. The fourth-order valence-corrected chi connectivity index (χ4v) is 1.86. The highest BCUT2D eigenvalue weighted by atomic mass is 16.5. The number of hydrogen-bond donors (Lipinski definition) is 1. The van der Waals surface area contributed by atoms with Crippen LogP contribution in [0.1, 0.15) is 40.0 Å². The number of benzene rings is 1. The molecule has 1 saturated heterocycles. The summed E-state index contributed by atoms with van der Waals surface area (Å²) in [5, 5.41) is 3.28. The van der Waals surface area contributed by atoms with Gasteiger partial charge in [-0.3, -0.25) is 0 Å². The first-order chi connectivity index (χ1) is 9.70. The average Bonchev–Trinajstić information content (AvgIpc) is 2.55. The van der Waals surface area contributed by atoms with Crippen LogP contribution in [0.4, 0.5) is 0 Å². The Labute approximate surface area is 119 Å². The molecule has 1 N–H and O–H groups in total. The lowest BCUT2D eigenvalue weighted by Crippen LogP contribution is -2.21. The Morgan fingerprint density at radius 2 is 1.35 bits per heavy atom. The summed E-state index contributed by atoms with van der Waals surface area (Å²) in [5.74, 6) is -1.10. The summed E-state index contributed by atoms with van der Waals surface area (Å²) in [5.41, 5.74) is 0.420. The van der Waals surface area contributed by atoms with Crippen molar-refractivity contribution in [2.24, 2.45) is 0 Å². The molecule has 0 bridgehead atoms. The van der Waals surface area contributed by atoms with Crippen LogP contribution in [-0.4, -0.2) is 39.2 Å². The van der Waals surface area contributed by atoms with Crippen molar-refractivity contribution in [3.05, 3.63) is 35.4 Å². The zero-order valence-corrected chi connectivity index (χ0v) is 12.0. The van der Waals surface area contributed by atoms with Gasteiger partial charge in [0.15, 0.2) is 0 Å². The minimum Gasteiger partial charge on any atom is -0.465 e. The predicted octanol–water partition coefficient (Wildman–Crippen LogP) is 2.02. The van der Waals surface area contributed by atoms with Crippen LogP contribution in [0.2, 0.25) is 0 Å². The van der Waals surface area contributed by atoms with Crippen LogP contribution in [0.25, 0.3) is 0 Å². The molecule has 20 heavy (non-hydrogen) atoms. The third-order valence-electron chi connectivity index (χ3n) is 2.94. The fraction of sp³-hybridized carbons (Fsp3) is 0.467. The normalized spacial score (nSPS) is 13.7. The van der Waals surface area contributed by atoms with E-state index in [0.29, 0.717) is 0 Å². The van der Waals surface area contributed by atoms with Crippen LogP contribution in [0.5, 0.6) is 0 Å². The van der Waals surface area contributed by atoms with Crippen LogP contribution in [0.15, 0.2) is 24.3 Å². The number of piperidine rings is 1. The zero-order valence-electron chi connectivity index (χ0n) is 12.0. The first-order valence-corrected chi connectivity index (χ1v) is 6.67. The molecule has 1 aromatic carbocycles. The van der Waals surface area contributed by atoms with E-state index >= 15 is 0 Å². The Balaban J connectivity index is 0.000000276. The number of carbonyl (C=O) groups excluding carboxylic acids is 2. The molecule has 0 radical (unpaired) electrons. The third-order valence-corrected chi connectivity index (χ3v) is 2.94. The lowest BCUT2D eigenvalue weighted by atomic mass is 10.1. The number of esters is 2. The van der Waals surface area contributed by atoms with E-state index in [1.54, 1.807) is 12.1 Å². The summed E-state index contributed by atoms with van der Waals surface area (Å²) in [4.78, 5) is 22.4. The maximum atomic E-state index is 11.2. The summed E-state index contributed by atoms with van der Waals surface area (Å²) < 4.78 is 9.05. The quantitative estimate of drug-likeness (QED) is 0.839. The number of methoxy groups -OCH3 is 2. The van der Waals surface area contributed by atoms with Gasteiger partial charge in [-0.1, -0.05) is 18.6 Å². The average molecular weight is 279 g/mol. The number of ether oxygens (including phenoxy) is 2. The maximum absolute atomic E-state index is 11.2. The molecule has 0 amide bonds. The highest BCUT2D eigenvalue weighted by Gasteiger charge is 2.16.